The first-order valence-electron chi connectivity index (χ1n) is 8.56. The predicted molar refractivity (Wildman–Crippen MR) is 88.6 cm³/mol. The monoisotopic (exact) mass is 344 g/mol. The van der Waals surface area contributed by atoms with Crippen molar-refractivity contribution >= 4 is 21.7 Å². The zero-order valence-electron chi connectivity index (χ0n) is 14.3. The van der Waals surface area contributed by atoms with Crippen LogP contribution in [0, 0.1) is 11.8 Å². The summed E-state index contributed by atoms with van der Waals surface area (Å²) in [5.74, 6) is -0.238. The zero-order chi connectivity index (χ0) is 17.2. The molecule has 1 aliphatic carbocycles. The Labute approximate surface area is 139 Å². The molecule has 3 atom stereocenters. The molecule has 23 heavy (non-hydrogen) atoms. The van der Waals surface area contributed by atoms with Crippen LogP contribution in [0.15, 0.2) is 0 Å². The molecule has 0 bridgehead atoms. The number of carbonyl (C=O) groups excluding carboxylic acids is 2. The average molecular weight is 344 g/mol. The summed E-state index contributed by atoms with van der Waals surface area (Å²) in [5.41, 5.74) is 0. The van der Waals surface area contributed by atoms with Crippen LogP contribution in [0.5, 0.6) is 0 Å². The maximum atomic E-state index is 12.6. The molecule has 3 unspecified atom stereocenters. The van der Waals surface area contributed by atoms with Crippen molar-refractivity contribution < 1.29 is 18.0 Å². The van der Waals surface area contributed by atoms with E-state index in [9.17, 15) is 18.0 Å². The number of amides is 2. The lowest BCUT2D eigenvalue weighted by Gasteiger charge is -2.27. The van der Waals surface area contributed by atoms with E-state index in [1.807, 2.05) is 6.92 Å². The topological polar surface area (TPSA) is 74.8 Å². The second-order valence-electron chi connectivity index (χ2n) is 6.74. The Kier molecular flexibility index (Phi) is 5.70. The van der Waals surface area contributed by atoms with E-state index in [1.54, 1.807) is 16.8 Å². The minimum absolute atomic E-state index is 0.0446. The second-order valence-corrected chi connectivity index (χ2v) is 8.97. The van der Waals surface area contributed by atoms with Gasteiger partial charge in [-0.05, 0) is 26.2 Å². The Hall–Kier alpha value is -1.11. The number of hydrogen-bond acceptors (Lipinski definition) is 4. The maximum Gasteiger partial charge on any atom is 0.226 e. The van der Waals surface area contributed by atoms with Crippen molar-refractivity contribution in [3.05, 3.63) is 0 Å². The van der Waals surface area contributed by atoms with Gasteiger partial charge in [0.25, 0.3) is 0 Å². The van der Waals surface area contributed by atoms with E-state index in [1.165, 1.54) is 0 Å². The molecule has 0 aromatic carbocycles. The highest BCUT2D eigenvalue weighted by molar-refractivity contribution is 7.91. The van der Waals surface area contributed by atoms with E-state index in [-0.39, 0.29) is 41.2 Å². The molecule has 2 rings (SSSR count). The molecule has 2 fully saturated rings. The minimum Gasteiger partial charge on any atom is -0.346 e. The molecule has 0 spiro atoms. The van der Waals surface area contributed by atoms with Crippen molar-refractivity contribution in [3.63, 3.8) is 0 Å². The molecule has 2 aliphatic rings. The van der Waals surface area contributed by atoms with Crippen molar-refractivity contribution in [1.29, 1.82) is 0 Å². The fourth-order valence-electron chi connectivity index (χ4n) is 3.36. The lowest BCUT2D eigenvalue weighted by atomic mass is 10.1. The van der Waals surface area contributed by atoms with Crippen LogP contribution >= 0.6 is 0 Å². The van der Waals surface area contributed by atoms with E-state index < -0.39 is 9.84 Å². The van der Waals surface area contributed by atoms with Crippen molar-refractivity contribution in [3.8, 4) is 0 Å². The molecule has 2 amide bonds. The number of rotatable bonds is 7. The fraction of sp³-hybridized carbons (Fsp3) is 0.875. The lowest BCUT2D eigenvalue weighted by molar-refractivity contribution is -0.138. The highest BCUT2D eigenvalue weighted by Gasteiger charge is 2.51. The number of nitrogens with zero attached hydrogens (tertiary/aromatic N) is 2. The van der Waals surface area contributed by atoms with Gasteiger partial charge in [0, 0.05) is 26.2 Å². The highest BCUT2D eigenvalue weighted by Crippen LogP contribution is 2.42. The summed E-state index contributed by atoms with van der Waals surface area (Å²) >= 11 is 0. The van der Waals surface area contributed by atoms with E-state index >= 15 is 0 Å². The Morgan fingerprint density at radius 2 is 1.78 bits per heavy atom. The zero-order valence-corrected chi connectivity index (χ0v) is 15.1. The van der Waals surface area contributed by atoms with Gasteiger partial charge in [-0.1, -0.05) is 13.3 Å². The largest absolute Gasteiger partial charge is 0.346 e. The first-order chi connectivity index (χ1) is 10.8. The minimum atomic E-state index is -3.01. The number of hydrogen-bond donors (Lipinski definition) is 0. The predicted octanol–water partition coefficient (Wildman–Crippen LogP) is 0.917. The van der Waals surface area contributed by atoms with Crippen LogP contribution in [-0.4, -0.2) is 67.7 Å². The third-order valence-electron chi connectivity index (χ3n) is 4.92. The first kappa shape index (κ1) is 18.2. The quantitative estimate of drug-likeness (QED) is 0.688. The molecular formula is C16H28N2O4S. The summed E-state index contributed by atoms with van der Waals surface area (Å²) < 4.78 is 23.3. The lowest BCUT2D eigenvalue weighted by Crippen LogP contribution is -2.42. The summed E-state index contributed by atoms with van der Waals surface area (Å²) in [5, 5.41) is 0. The van der Waals surface area contributed by atoms with Gasteiger partial charge >= 0.3 is 0 Å². The molecule has 0 radical (unpaired) electrons. The maximum absolute atomic E-state index is 12.6. The van der Waals surface area contributed by atoms with Gasteiger partial charge in [0.2, 0.25) is 11.8 Å². The molecular weight excluding hydrogens is 316 g/mol. The third kappa shape index (κ3) is 4.25. The van der Waals surface area contributed by atoms with E-state index in [0.29, 0.717) is 19.4 Å². The van der Waals surface area contributed by atoms with E-state index in [4.69, 9.17) is 0 Å². The Bertz CT molecular complexity index is 560. The summed E-state index contributed by atoms with van der Waals surface area (Å²) in [4.78, 5) is 28.4. The summed E-state index contributed by atoms with van der Waals surface area (Å²) in [6.07, 6.45) is 3.12. The van der Waals surface area contributed by atoms with Gasteiger partial charge in [0.15, 0.2) is 9.84 Å². The summed E-state index contributed by atoms with van der Waals surface area (Å²) in [7, 11) is -1.22. The molecule has 0 N–H and O–H groups in total. The van der Waals surface area contributed by atoms with E-state index in [0.717, 1.165) is 19.4 Å². The van der Waals surface area contributed by atoms with Gasteiger partial charge in [-0.3, -0.25) is 9.59 Å². The van der Waals surface area contributed by atoms with Crippen LogP contribution in [0.25, 0.3) is 0 Å². The fourth-order valence-corrected chi connectivity index (χ4v) is 5.09. The number of carbonyl (C=O) groups is 2. The number of unbranched alkanes of at least 4 members (excludes halogenated alkanes) is 1. The highest BCUT2D eigenvalue weighted by atomic mass is 32.2. The molecule has 0 aromatic heterocycles. The standard InChI is InChI=1S/C16H28N2O4S/c1-4-6-8-17(3)15(19)13-10-14(13)16(20)18(5-2)12-7-9-23(21,22)11-12/h12-14H,4-11H2,1-3H3. The molecule has 1 saturated carbocycles. The van der Waals surface area contributed by atoms with E-state index in [2.05, 4.69) is 6.92 Å². The second kappa shape index (κ2) is 7.20. The molecule has 0 aromatic rings. The van der Waals surface area contributed by atoms with Crippen molar-refractivity contribution in [2.75, 3.05) is 31.6 Å². The van der Waals surface area contributed by atoms with Crippen molar-refractivity contribution in [2.24, 2.45) is 11.8 Å². The van der Waals surface area contributed by atoms with Crippen LogP contribution in [0.1, 0.15) is 39.5 Å². The Morgan fingerprint density at radius 3 is 2.30 bits per heavy atom. The number of sulfone groups is 1. The molecule has 7 heteroatoms. The van der Waals surface area contributed by atoms with Gasteiger partial charge < -0.3 is 9.80 Å². The normalized spacial score (nSPS) is 28.4. The molecule has 132 valence electrons. The SMILES string of the molecule is CCCCN(C)C(=O)C1CC1C(=O)N(CC)C1CCS(=O)(=O)C1. The Morgan fingerprint density at radius 1 is 1.13 bits per heavy atom. The van der Waals surface area contributed by atoms with Crippen LogP contribution in [0.2, 0.25) is 0 Å². The van der Waals surface area contributed by atoms with Crippen LogP contribution in [-0.2, 0) is 19.4 Å². The van der Waals surface area contributed by atoms with Gasteiger partial charge in [-0.25, -0.2) is 8.42 Å². The summed E-state index contributed by atoms with van der Waals surface area (Å²) in [6.45, 7) is 5.18. The smallest absolute Gasteiger partial charge is 0.226 e. The summed E-state index contributed by atoms with van der Waals surface area (Å²) in [6, 6.07) is -0.216. The molecule has 1 heterocycles. The molecule has 6 nitrogen and oxygen atoms in total. The molecule has 1 aliphatic heterocycles. The van der Waals surface area contributed by atoms with Crippen LogP contribution in [0.4, 0.5) is 0 Å². The van der Waals surface area contributed by atoms with Gasteiger partial charge in [0.05, 0.1) is 23.3 Å². The van der Waals surface area contributed by atoms with Crippen LogP contribution in [0.3, 0.4) is 0 Å². The van der Waals surface area contributed by atoms with Crippen LogP contribution < -0.4 is 0 Å². The van der Waals surface area contributed by atoms with Crippen molar-refractivity contribution in [1.82, 2.24) is 9.80 Å². The molecule has 1 saturated heterocycles. The first-order valence-corrected chi connectivity index (χ1v) is 10.4. The van der Waals surface area contributed by atoms with Gasteiger partial charge in [-0.2, -0.15) is 0 Å². The Balaban J connectivity index is 1.92. The van der Waals surface area contributed by atoms with Crippen molar-refractivity contribution in [2.45, 2.75) is 45.6 Å². The average Bonchev–Trinajstić information content (AvgIpc) is 3.23. The third-order valence-corrected chi connectivity index (χ3v) is 6.67. The van der Waals surface area contributed by atoms with Gasteiger partial charge in [0.1, 0.15) is 0 Å². The van der Waals surface area contributed by atoms with Gasteiger partial charge in [-0.15, -0.1) is 0 Å².